The number of rotatable bonds is 7. The van der Waals surface area contributed by atoms with E-state index in [0.717, 1.165) is 28.2 Å². The summed E-state index contributed by atoms with van der Waals surface area (Å²) in [7, 11) is 0. The second-order valence-corrected chi connectivity index (χ2v) is 6.74. The Morgan fingerprint density at radius 1 is 1.24 bits per heavy atom. The molecular formula is C22H24N6O. The third-order valence-electron chi connectivity index (χ3n) is 4.54. The normalized spacial score (nSPS) is 11.3. The molecule has 148 valence electrons. The van der Waals surface area contributed by atoms with Gasteiger partial charge >= 0.3 is 5.69 Å². The van der Waals surface area contributed by atoms with Crippen molar-refractivity contribution in [1.29, 1.82) is 0 Å². The number of hydrogen-bond acceptors (Lipinski definition) is 6. The first-order valence-electron chi connectivity index (χ1n) is 9.35. The van der Waals surface area contributed by atoms with Crippen LogP contribution >= 0.6 is 0 Å². The van der Waals surface area contributed by atoms with Gasteiger partial charge in [-0.3, -0.25) is 5.43 Å². The Balaban J connectivity index is 1.93. The van der Waals surface area contributed by atoms with Crippen LogP contribution in [-0.4, -0.2) is 25.6 Å². The van der Waals surface area contributed by atoms with Crippen LogP contribution in [0.15, 0.2) is 59.1 Å². The first-order chi connectivity index (χ1) is 14.0. The molecule has 0 unspecified atom stereocenters. The summed E-state index contributed by atoms with van der Waals surface area (Å²) in [5.41, 5.74) is 7.84. The quantitative estimate of drug-likeness (QED) is 0.368. The van der Waals surface area contributed by atoms with Crippen LogP contribution in [0.4, 0.5) is 5.82 Å². The summed E-state index contributed by atoms with van der Waals surface area (Å²) in [4.78, 5) is 27.2. The Hall–Kier alpha value is -3.61. The van der Waals surface area contributed by atoms with Crippen LogP contribution in [0, 0.1) is 13.8 Å². The van der Waals surface area contributed by atoms with E-state index in [9.17, 15) is 4.79 Å². The fourth-order valence-electron chi connectivity index (χ4n) is 3.03. The minimum Gasteiger partial charge on any atom is -0.309 e. The van der Waals surface area contributed by atoms with Crippen LogP contribution < -0.4 is 11.1 Å². The largest absolute Gasteiger partial charge is 0.345 e. The maximum absolute atomic E-state index is 11.3. The van der Waals surface area contributed by atoms with Crippen LogP contribution in [0.1, 0.15) is 40.8 Å². The standard InChI is InChI=1S/C22H24N6O/c1-5-9-18-14(2)24-20(12-17-10-7-6-8-11-17)26-21(18)28-27-16(4)19-13-23-22(29)25-15(19)3/h5-8,10-11,13H,1,9,12H2,2-4H3,(H,23,25,29)(H,24,26,28)/b27-16+. The lowest BCUT2D eigenvalue weighted by Gasteiger charge is -2.13. The molecule has 2 heterocycles. The van der Waals surface area contributed by atoms with Crippen LogP contribution in [0.2, 0.25) is 0 Å². The molecule has 7 heteroatoms. The van der Waals surface area contributed by atoms with Crippen LogP contribution in [0.25, 0.3) is 0 Å². The molecule has 0 bridgehead atoms. The van der Waals surface area contributed by atoms with Gasteiger partial charge in [0.05, 0.1) is 5.71 Å². The predicted octanol–water partition coefficient (Wildman–Crippen LogP) is 3.33. The lowest BCUT2D eigenvalue weighted by molar-refractivity contribution is 0.914. The molecule has 0 aliphatic heterocycles. The molecule has 0 spiro atoms. The molecule has 0 aliphatic carbocycles. The topological polar surface area (TPSA) is 95.9 Å². The van der Waals surface area contributed by atoms with Crippen molar-refractivity contribution >= 4 is 11.5 Å². The molecule has 0 saturated carbocycles. The number of anilines is 1. The van der Waals surface area contributed by atoms with Gasteiger partial charge in [0.15, 0.2) is 5.82 Å². The van der Waals surface area contributed by atoms with E-state index in [1.165, 1.54) is 6.20 Å². The molecule has 0 fully saturated rings. The number of nitrogens with zero attached hydrogens (tertiary/aromatic N) is 4. The van der Waals surface area contributed by atoms with Crippen molar-refractivity contribution in [2.24, 2.45) is 5.10 Å². The molecule has 1 aromatic carbocycles. The molecular weight excluding hydrogens is 364 g/mol. The highest BCUT2D eigenvalue weighted by Gasteiger charge is 2.12. The summed E-state index contributed by atoms with van der Waals surface area (Å²) < 4.78 is 0. The van der Waals surface area contributed by atoms with Crippen molar-refractivity contribution in [3.05, 3.63) is 93.6 Å². The SMILES string of the molecule is C=CCc1c(C)nc(Cc2ccccc2)nc1N/N=C(\C)c1cnc(=O)[nH]c1C. The molecule has 3 rings (SSSR count). The summed E-state index contributed by atoms with van der Waals surface area (Å²) in [6, 6.07) is 10.1. The minimum absolute atomic E-state index is 0.378. The number of benzene rings is 1. The fourth-order valence-corrected chi connectivity index (χ4v) is 3.03. The van der Waals surface area contributed by atoms with Gasteiger partial charge in [-0.2, -0.15) is 5.10 Å². The monoisotopic (exact) mass is 388 g/mol. The molecule has 0 radical (unpaired) electrons. The highest BCUT2D eigenvalue weighted by Crippen LogP contribution is 2.19. The Labute approximate surface area is 169 Å². The molecule has 2 aromatic heterocycles. The zero-order chi connectivity index (χ0) is 20.8. The van der Waals surface area contributed by atoms with Crippen molar-refractivity contribution in [3.63, 3.8) is 0 Å². The molecule has 0 saturated heterocycles. The lowest BCUT2D eigenvalue weighted by Crippen LogP contribution is -2.15. The molecule has 3 aromatic rings. The van der Waals surface area contributed by atoms with Gasteiger partial charge in [0.25, 0.3) is 0 Å². The van der Waals surface area contributed by atoms with E-state index in [-0.39, 0.29) is 5.69 Å². The summed E-state index contributed by atoms with van der Waals surface area (Å²) in [5.74, 6) is 1.37. The van der Waals surface area contributed by atoms with Gasteiger partial charge < -0.3 is 4.98 Å². The van der Waals surface area contributed by atoms with Crippen LogP contribution in [0.5, 0.6) is 0 Å². The number of hydrazone groups is 1. The van der Waals surface area contributed by atoms with Crippen molar-refractivity contribution in [3.8, 4) is 0 Å². The number of aryl methyl sites for hydroxylation is 2. The van der Waals surface area contributed by atoms with E-state index in [0.29, 0.717) is 30.1 Å². The smallest absolute Gasteiger partial charge is 0.309 e. The molecule has 2 N–H and O–H groups in total. The minimum atomic E-state index is -0.378. The van der Waals surface area contributed by atoms with Crippen molar-refractivity contribution in [2.75, 3.05) is 5.43 Å². The summed E-state index contributed by atoms with van der Waals surface area (Å²) in [6.07, 6.45) is 4.61. The maximum atomic E-state index is 11.3. The third kappa shape index (κ3) is 5.01. The summed E-state index contributed by atoms with van der Waals surface area (Å²) in [5, 5.41) is 4.47. The Bertz CT molecular complexity index is 1100. The average Bonchev–Trinajstić information content (AvgIpc) is 2.69. The molecule has 0 aliphatic rings. The summed E-state index contributed by atoms with van der Waals surface area (Å²) >= 11 is 0. The zero-order valence-electron chi connectivity index (χ0n) is 16.9. The van der Waals surface area contributed by atoms with Gasteiger partial charge in [0, 0.05) is 35.1 Å². The van der Waals surface area contributed by atoms with Crippen molar-refractivity contribution in [2.45, 2.75) is 33.6 Å². The molecule has 0 amide bonds. The number of aromatic nitrogens is 4. The summed E-state index contributed by atoms with van der Waals surface area (Å²) in [6.45, 7) is 9.46. The van der Waals surface area contributed by atoms with E-state index in [2.05, 4.69) is 44.2 Å². The van der Waals surface area contributed by atoms with Gasteiger partial charge in [-0.1, -0.05) is 36.4 Å². The van der Waals surface area contributed by atoms with Crippen molar-refractivity contribution in [1.82, 2.24) is 19.9 Å². The van der Waals surface area contributed by atoms with Crippen LogP contribution in [0.3, 0.4) is 0 Å². The van der Waals surface area contributed by atoms with E-state index in [4.69, 9.17) is 4.98 Å². The predicted molar refractivity (Wildman–Crippen MR) is 115 cm³/mol. The number of allylic oxidation sites excluding steroid dienone is 1. The van der Waals surface area contributed by atoms with Crippen LogP contribution in [-0.2, 0) is 12.8 Å². The fraction of sp³-hybridized carbons (Fsp3) is 0.227. The van der Waals surface area contributed by atoms with Gasteiger partial charge in [-0.25, -0.2) is 19.7 Å². The number of H-pyrrole nitrogens is 1. The number of nitrogens with one attached hydrogen (secondary N) is 2. The highest BCUT2D eigenvalue weighted by atomic mass is 16.1. The Morgan fingerprint density at radius 2 is 2.00 bits per heavy atom. The van der Waals surface area contributed by atoms with E-state index in [1.54, 1.807) is 0 Å². The second kappa shape index (κ2) is 9.05. The second-order valence-electron chi connectivity index (χ2n) is 6.74. The van der Waals surface area contributed by atoms with Gasteiger partial charge in [0.1, 0.15) is 5.82 Å². The highest BCUT2D eigenvalue weighted by molar-refractivity contribution is 5.99. The molecule has 7 nitrogen and oxygen atoms in total. The Kier molecular flexibility index (Phi) is 6.29. The first kappa shape index (κ1) is 20.1. The van der Waals surface area contributed by atoms with E-state index in [1.807, 2.05) is 45.0 Å². The number of hydrogen-bond donors (Lipinski definition) is 2. The van der Waals surface area contributed by atoms with Crippen molar-refractivity contribution < 1.29 is 0 Å². The molecule has 0 atom stereocenters. The first-order valence-corrected chi connectivity index (χ1v) is 9.35. The van der Waals surface area contributed by atoms with Gasteiger partial charge in [-0.05, 0) is 32.8 Å². The third-order valence-corrected chi connectivity index (χ3v) is 4.54. The van der Waals surface area contributed by atoms with Gasteiger partial charge in [0.2, 0.25) is 0 Å². The maximum Gasteiger partial charge on any atom is 0.345 e. The lowest BCUT2D eigenvalue weighted by atomic mass is 10.1. The average molecular weight is 388 g/mol. The Morgan fingerprint density at radius 3 is 2.69 bits per heavy atom. The van der Waals surface area contributed by atoms with E-state index >= 15 is 0 Å². The number of aromatic amines is 1. The van der Waals surface area contributed by atoms with E-state index < -0.39 is 0 Å². The zero-order valence-corrected chi connectivity index (χ0v) is 16.9. The van der Waals surface area contributed by atoms with Gasteiger partial charge in [-0.15, -0.1) is 6.58 Å². The molecule has 29 heavy (non-hydrogen) atoms.